The lowest BCUT2D eigenvalue weighted by Crippen LogP contribution is -2.27. The summed E-state index contributed by atoms with van der Waals surface area (Å²) in [7, 11) is 1.80. The summed E-state index contributed by atoms with van der Waals surface area (Å²) in [5, 5.41) is 15.6. The fourth-order valence-electron chi connectivity index (χ4n) is 3.13. The van der Waals surface area contributed by atoms with Gasteiger partial charge in [-0.15, -0.1) is 0 Å². The fraction of sp³-hybridized carbons (Fsp3) is 0.438. The fourth-order valence-corrected chi connectivity index (χ4v) is 3.48. The normalized spacial score (nSPS) is 17.6. The number of aromatic nitrogens is 2. The molecular weight excluding hydrogens is 272 g/mol. The van der Waals surface area contributed by atoms with Gasteiger partial charge < -0.3 is 5.11 Å². The number of hydrogen-bond acceptors (Lipinski definition) is 2. The van der Waals surface area contributed by atoms with E-state index in [1.54, 1.807) is 24.9 Å². The number of aliphatic hydroxyl groups is 1. The zero-order valence-electron chi connectivity index (χ0n) is 11.9. The van der Waals surface area contributed by atoms with Crippen LogP contribution in [0.3, 0.4) is 0 Å². The Morgan fingerprint density at radius 3 is 2.60 bits per heavy atom. The predicted molar refractivity (Wildman–Crippen MR) is 80.0 cm³/mol. The van der Waals surface area contributed by atoms with E-state index in [9.17, 15) is 5.11 Å². The molecule has 0 aliphatic heterocycles. The van der Waals surface area contributed by atoms with Gasteiger partial charge in [0.25, 0.3) is 0 Å². The van der Waals surface area contributed by atoms with Gasteiger partial charge in [0.1, 0.15) is 5.60 Å². The van der Waals surface area contributed by atoms with E-state index in [2.05, 4.69) is 17.2 Å². The third kappa shape index (κ3) is 2.15. The highest BCUT2D eigenvalue weighted by atomic mass is 35.5. The van der Waals surface area contributed by atoms with Crippen LogP contribution in [0.4, 0.5) is 0 Å². The molecule has 0 bridgehead atoms. The van der Waals surface area contributed by atoms with E-state index in [4.69, 9.17) is 11.6 Å². The first kappa shape index (κ1) is 13.7. The Morgan fingerprint density at radius 1 is 1.25 bits per heavy atom. The topological polar surface area (TPSA) is 38.0 Å². The van der Waals surface area contributed by atoms with Crippen LogP contribution in [0.25, 0.3) is 0 Å². The van der Waals surface area contributed by atoms with Gasteiger partial charge in [0.05, 0.1) is 16.9 Å². The number of benzene rings is 1. The van der Waals surface area contributed by atoms with Gasteiger partial charge in [-0.25, -0.2) is 0 Å². The Bertz CT molecular complexity index is 626. The largest absolute Gasteiger partial charge is 0.379 e. The van der Waals surface area contributed by atoms with E-state index in [0.717, 1.165) is 18.4 Å². The third-order valence-electron chi connectivity index (χ3n) is 4.27. The van der Waals surface area contributed by atoms with Crippen LogP contribution in [0, 0.1) is 0 Å². The van der Waals surface area contributed by atoms with Crippen LogP contribution in [0.5, 0.6) is 0 Å². The molecule has 106 valence electrons. The first-order valence-electron chi connectivity index (χ1n) is 7.03. The highest BCUT2D eigenvalue weighted by molar-refractivity contribution is 6.31. The lowest BCUT2D eigenvalue weighted by Gasteiger charge is -2.27. The maximum absolute atomic E-state index is 11.0. The van der Waals surface area contributed by atoms with Crippen LogP contribution in [0.1, 0.15) is 42.1 Å². The lowest BCUT2D eigenvalue weighted by molar-refractivity contribution is 0.0929. The van der Waals surface area contributed by atoms with Crippen molar-refractivity contribution in [2.24, 2.45) is 7.05 Å². The summed E-state index contributed by atoms with van der Waals surface area (Å²) >= 11 is 6.18. The highest BCUT2D eigenvalue weighted by Gasteiger charge is 2.32. The molecule has 1 aromatic heterocycles. The molecule has 1 unspecified atom stereocenters. The SMILES string of the molecule is Cn1ncc(Cl)c1C(C)(O)c1ccc2c(c1)CCCC2. The van der Waals surface area contributed by atoms with Gasteiger partial charge >= 0.3 is 0 Å². The summed E-state index contributed by atoms with van der Waals surface area (Å²) in [6.45, 7) is 1.78. The van der Waals surface area contributed by atoms with E-state index in [1.165, 1.54) is 24.0 Å². The van der Waals surface area contributed by atoms with E-state index in [0.29, 0.717) is 10.7 Å². The number of rotatable bonds is 2. The minimum atomic E-state index is -1.13. The Hall–Kier alpha value is -1.32. The lowest BCUT2D eigenvalue weighted by atomic mass is 9.85. The van der Waals surface area contributed by atoms with E-state index in [1.807, 2.05) is 6.07 Å². The van der Waals surface area contributed by atoms with Gasteiger partial charge in [-0.1, -0.05) is 29.8 Å². The molecule has 0 fully saturated rings. The van der Waals surface area contributed by atoms with Gasteiger partial charge in [-0.3, -0.25) is 4.68 Å². The van der Waals surface area contributed by atoms with Crippen LogP contribution in [0.15, 0.2) is 24.4 Å². The van der Waals surface area contributed by atoms with Crippen LogP contribution in [-0.2, 0) is 25.5 Å². The van der Waals surface area contributed by atoms with Crippen LogP contribution < -0.4 is 0 Å². The van der Waals surface area contributed by atoms with Crippen LogP contribution in [-0.4, -0.2) is 14.9 Å². The first-order chi connectivity index (χ1) is 9.50. The van der Waals surface area contributed by atoms with Crippen molar-refractivity contribution in [1.29, 1.82) is 0 Å². The van der Waals surface area contributed by atoms with Crippen molar-refractivity contribution in [1.82, 2.24) is 9.78 Å². The average Bonchev–Trinajstić information content (AvgIpc) is 2.78. The summed E-state index contributed by atoms with van der Waals surface area (Å²) in [6, 6.07) is 6.27. The van der Waals surface area contributed by atoms with Gasteiger partial charge in [-0.2, -0.15) is 5.10 Å². The molecule has 2 aromatic rings. The Morgan fingerprint density at radius 2 is 1.95 bits per heavy atom. The van der Waals surface area contributed by atoms with Crippen molar-refractivity contribution in [3.05, 3.63) is 51.8 Å². The molecule has 1 atom stereocenters. The van der Waals surface area contributed by atoms with Crippen molar-refractivity contribution in [2.45, 2.75) is 38.2 Å². The molecule has 0 saturated heterocycles. The molecule has 0 spiro atoms. The number of aryl methyl sites for hydroxylation is 3. The molecule has 4 heteroatoms. The van der Waals surface area contributed by atoms with E-state index in [-0.39, 0.29) is 0 Å². The molecule has 1 N–H and O–H groups in total. The number of hydrogen-bond donors (Lipinski definition) is 1. The smallest absolute Gasteiger partial charge is 0.130 e. The summed E-state index contributed by atoms with van der Waals surface area (Å²) in [5.74, 6) is 0. The van der Waals surface area contributed by atoms with E-state index < -0.39 is 5.60 Å². The zero-order valence-corrected chi connectivity index (χ0v) is 12.6. The quantitative estimate of drug-likeness (QED) is 0.922. The molecule has 0 amide bonds. The highest BCUT2D eigenvalue weighted by Crippen LogP contribution is 2.35. The maximum Gasteiger partial charge on any atom is 0.130 e. The van der Waals surface area contributed by atoms with Crippen LogP contribution >= 0.6 is 11.6 Å². The molecular formula is C16H19ClN2O. The molecule has 3 nitrogen and oxygen atoms in total. The minimum Gasteiger partial charge on any atom is -0.379 e. The second-order valence-electron chi connectivity index (χ2n) is 5.73. The summed E-state index contributed by atoms with van der Waals surface area (Å²) in [6.07, 6.45) is 6.30. The van der Waals surface area contributed by atoms with Gasteiger partial charge in [0, 0.05) is 7.05 Å². The summed E-state index contributed by atoms with van der Waals surface area (Å²) in [5.41, 5.74) is 3.15. The van der Waals surface area contributed by atoms with Crippen LogP contribution in [0.2, 0.25) is 5.02 Å². The average molecular weight is 291 g/mol. The Kier molecular flexibility index (Phi) is 3.35. The van der Waals surface area contributed by atoms with Crippen molar-refractivity contribution in [2.75, 3.05) is 0 Å². The Labute approximate surface area is 124 Å². The number of halogens is 1. The van der Waals surface area contributed by atoms with E-state index >= 15 is 0 Å². The van der Waals surface area contributed by atoms with Crippen molar-refractivity contribution >= 4 is 11.6 Å². The summed E-state index contributed by atoms with van der Waals surface area (Å²) < 4.78 is 1.64. The predicted octanol–water partition coefficient (Wildman–Crippen LogP) is 3.21. The molecule has 3 rings (SSSR count). The zero-order chi connectivity index (χ0) is 14.3. The van der Waals surface area contributed by atoms with Gasteiger partial charge in [0.2, 0.25) is 0 Å². The molecule has 20 heavy (non-hydrogen) atoms. The first-order valence-corrected chi connectivity index (χ1v) is 7.40. The molecule has 1 heterocycles. The third-order valence-corrected chi connectivity index (χ3v) is 4.54. The standard InChI is InChI=1S/C16H19ClN2O/c1-16(20,15-14(17)10-18-19(15)2)13-8-7-11-5-3-4-6-12(11)9-13/h7-10,20H,3-6H2,1-2H3. The molecule has 1 aliphatic carbocycles. The molecule has 0 saturated carbocycles. The van der Waals surface area contributed by atoms with Crippen molar-refractivity contribution in [3.8, 4) is 0 Å². The minimum absolute atomic E-state index is 0.496. The second kappa shape index (κ2) is 4.90. The molecule has 1 aromatic carbocycles. The van der Waals surface area contributed by atoms with Crippen molar-refractivity contribution < 1.29 is 5.11 Å². The summed E-state index contributed by atoms with van der Waals surface area (Å²) in [4.78, 5) is 0. The van der Waals surface area contributed by atoms with Crippen molar-refractivity contribution in [3.63, 3.8) is 0 Å². The van der Waals surface area contributed by atoms with Gasteiger partial charge in [-0.05, 0) is 49.3 Å². The molecule has 1 aliphatic rings. The second-order valence-corrected chi connectivity index (χ2v) is 6.13. The number of fused-ring (bicyclic) bond motifs is 1. The molecule has 0 radical (unpaired) electrons. The monoisotopic (exact) mass is 290 g/mol. The Balaban J connectivity index is 2.07. The maximum atomic E-state index is 11.0. The van der Waals surface area contributed by atoms with Gasteiger partial charge in [0.15, 0.2) is 0 Å². The number of nitrogens with zero attached hydrogens (tertiary/aromatic N) is 2.